The molecule has 1 aromatic carbocycles. The maximum Gasteiger partial charge on any atom is 0.220 e. The van der Waals surface area contributed by atoms with Gasteiger partial charge in [-0.15, -0.1) is 12.4 Å². The highest BCUT2D eigenvalue weighted by Crippen LogP contribution is 2.26. The number of rotatable bonds is 6. The zero-order valence-corrected chi connectivity index (χ0v) is 16.5. The van der Waals surface area contributed by atoms with E-state index in [1.165, 1.54) is 18.4 Å². The van der Waals surface area contributed by atoms with Gasteiger partial charge in [0.2, 0.25) is 5.91 Å². The van der Waals surface area contributed by atoms with E-state index in [9.17, 15) is 4.79 Å². The molecule has 2 rings (SSSR count). The van der Waals surface area contributed by atoms with Crippen LogP contribution >= 0.6 is 24.0 Å². The Labute approximate surface area is 157 Å². The molecular weight excluding hydrogens is 343 g/mol. The highest BCUT2D eigenvalue weighted by molar-refractivity contribution is 6.30. The standard InChI is InChI=1S/C19H29ClN2O.ClH/c1-14(15-8-10-21-11-9-15)12-18(23)22-13-19(2,3)16-4-6-17(20)7-5-16;/h4-7,14-15,21H,8-13H2,1-3H3,(H,22,23);1H. The van der Waals surface area contributed by atoms with Crippen molar-refractivity contribution in [2.75, 3.05) is 19.6 Å². The fourth-order valence-corrected chi connectivity index (χ4v) is 3.39. The van der Waals surface area contributed by atoms with Gasteiger partial charge in [-0.1, -0.05) is 44.5 Å². The molecule has 1 unspecified atom stereocenters. The minimum absolute atomic E-state index is 0. The van der Waals surface area contributed by atoms with Gasteiger partial charge in [-0.25, -0.2) is 0 Å². The Balaban J connectivity index is 0.00000288. The molecule has 136 valence electrons. The molecule has 0 aliphatic carbocycles. The minimum Gasteiger partial charge on any atom is -0.355 e. The van der Waals surface area contributed by atoms with E-state index in [-0.39, 0.29) is 23.7 Å². The van der Waals surface area contributed by atoms with Crippen molar-refractivity contribution in [3.05, 3.63) is 34.9 Å². The lowest BCUT2D eigenvalue weighted by Gasteiger charge is -2.29. The first-order chi connectivity index (χ1) is 10.9. The number of hydrogen-bond donors (Lipinski definition) is 2. The van der Waals surface area contributed by atoms with Gasteiger partial charge < -0.3 is 10.6 Å². The van der Waals surface area contributed by atoms with Crippen molar-refractivity contribution in [1.82, 2.24) is 10.6 Å². The molecule has 3 nitrogen and oxygen atoms in total. The molecule has 1 heterocycles. The van der Waals surface area contributed by atoms with E-state index in [0.717, 1.165) is 18.1 Å². The summed E-state index contributed by atoms with van der Waals surface area (Å²) in [5, 5.41) is 7.24. The lowest BCUT2D eigenvalue weighted by molar-refractivity contribution is -0.122. The van der Waals surface area contributed by atoms with Crippen LogP contribution in [0.1, 0.15) is 45.6 Å². The van der Waals surface area contributed by atoms with Crippen LogP contribution in [0.2, 0.25) is 5.02 Å². The van der Waals surface area contributed by atoms with Crippen LogP contribution in [0.3, 0.4) is 0 Å². The second-order valence-electron chi connectivity index (χ2n) is 7.44. The van der Waals surface area contributed by atoms with Gasteiger partial charge in [-0.2, -0.15) is 0 Å². The molecule has 24 heavy (non-hydrogen) atoms. The minimum atomic E-state index is -0.0990. The van der Waals surface area contributed by atoms with Crippen LogP contribution in [-0.2, 0) is 10.2 Å². The summed E-state index contributed by atoms with van der Waals surface area (Å²) in [4.78, 5) is 12.3. The smallest absolute Gasteiger partial charge is 0.220 e. The van der Waals surface area contributed by atoms with Crippen molar-refractivity contribution < 1.29 is 4.79 Å². The lowest BCUT2D eigenvalue weighted by atomic mass is 9.83. The molecule has 0 saturated carbocycles. The van der Waals surface area contributed by atoms with Gasteiger partial charge in [0, 0.05) is 23.4 Å². The molecule has 2 N–H and O–H groups in total. The van der Waals surface area contributed by atoms with Gasteiger partial charge in [0.1, 0.15) is 0 Å². The Hall–Kier alpha value is -0.770. The third-order valence-corrected chi connectivity index (χ3v) is 5.30. The van der Waals surface area contributed by atoms with Crippen molar-refractivity contribution >= 4 is 29.9 Å². The van der Waals surface area contributed by atoms with Crippen LogP contribution in [0.5, 0.6) is 0 Å². The molecule has 5 heteroatoms. The molecule has 1 aliphatic rings. The molecule has 1 atom stereocenters. The number of amides is 1. The molecular formula is C19H30Cl2N2O. The van der Waals surface area contributed by atoms with Crippen LogP contribution in [-0.4, -0.2) is 25.5 Å². The van der Waals surface area contributed by atoms with E-state index in [2.05, 4.69) is 31.4 Å². The van der Waals surface area contributed by atoms with E-state index < -0.39 is 0 Å². The molecule has 1 amide bonds. The SMILES string of the molecule is CC(CC(=O)NCC(C)(C)c1ccc(Cl)cc1)C1CCNCC1.Cl. The highest BCUT2D eigenvalue weighted by Gasteiger charge is 2.24. The van der Waals surface area contributed by atoms with Crippen molar-refractivity contribution in [3.8, 4) is 0 Å². The third kappa shape index (κ3) is 6.27. The number of carbonyl (C=O) groups excluding carboxylic acids is 1. The second-order valence-corrected chi connectivity index (χ2v) is 7.87. The zero-order chi connectivity index (χ0) is 16.9. The Kier molecular flexibility index (Phi) is 8.55. The topological polar surface area (TPSA) is 41.1 Å². The summed E-state index contributed by atoms with van der Waals surface area (Å²) in [7, 11) is 0. The van der Waals surface area contributed by atoms with Gasteiger partial charge >= 0.3 is 0 Å². The summed E-state index contributed by atoms with van der Waals surface area (Å²) in [5.74, 6) is 1.29. The maximum atomic E-state index is 12.3. The zero-order valence-electron chi connectivity index (χ0n) is 14.9. The van der Waals surface area contributed by atoms with Crippen molar-refractivity contribution in [2.45, 2.75) is 45.4 Å². The third-order valence-electron chi connectivity index (χ3n) is 5.05. The average Bonchev–Trinajstić information content (AvgIpc) is 2.54. The molecule has 0 radical (unpaired) electrons. The van der Waals surface area contributed by atoms with Gasteiger partial charge in [0.05, 0.1) is 0 Å². The Bertz CT molecular complexity index is 511. The molecule has 1 aromatic rings. The second kappa shape index (κ2) is 9.65. The fraction of sp³-hybridized carbons (Fsp3) is 0.632. The summed E-state index contributed by atoms with van der Waals surface area (Å²) < 4.78 is 0. The largest absolute Gasteiger partial charge is 0.355 e. The molecule has 0 aromatic heterocycles. The van der Waals surface area contributed by atoms with Crippen LogP contribution in [0.4, 0.5) is 0 Å². The molecule has 1 aliphatic heterocycles. The number of piperidine rings is 1. The van der Waals surface area contributed by atoms with Gasteiger partial charge in [-0.05, 0) is 55.5 Å². The normalized spacial score (nSPS) is 17.0. The number of nitrogens with one attached hydrogen (secondary N) is 2. The quantitative estimate of drug-likeness (QED) is 0.785. The maximum absolute atomic E-state index is 12.3. The molecule has 0 bridgehead atoms. The van der Waals surface area contributed by atoms with Crippen molar-refractivity contribution in [3.63, 3.8) is 0 Å². The number of carbonyl (C=O) groups is 1. The van der Waals surface area contributed by atoms with E-state index in [4.69, 9.17) is 11.6 Å². The van der Waals surface area contributed by atoms with Gasteiger partial charge in [0.25, 0.3) is 0 Å². The first-order valence-corrected chi connectivity index (χ1v) is 9.00. The van der Waals surface area contributed by atoms with Crippen LogP contribution < -0.4 is 10.6 Å². The summed E-state index contributed by atoms with van der Waals surface area (Å²) >= 11 is 5.95. The van der Waals surface area contributed by atoms with Crippen molar-refractivity contribution in [1.29, 1.82) is 0 Å². The van der Waals surface area contributed by atoms with Crippen LogP contribution in [0, 0.1) is 11.8 Å². The Morgan fingerprint density at radius 1 is 1.29 bits per heavy atom. The van der Waals surface area contributed by atoms with Gasteiger partial charge in [-0.3, -0.25) is 4.79 Å². The van der Waals surface area contributed by atoms with Crippen LogP contribution in [0.15, 0.2) is 24.3 Å². The lowest BCUT2D eigenvalue weighted by Crippen LogP contribution is -2.38. The first kappa shape index (κ1) is 21.3. The first-order valence-electron chi connectivity index (χ1n) is 8.62. The number of benzene rings is 1. The Morgan fingerprint density at radius 2 is 1.88 bits per heavy atom. The predicted octanol–water partition coefficient (Wildman–Crippen LogP) is 4.18. The summed E-state index contributed by atoms with van der Waals surface area (Å²) in [6.45, 7) is 9.31. The monoisotopic (exact) mass is 372 g/mol. The van der Waals surface area contributed by atoms with E-state index in [1.807, 2.05) is 24.3 Å². The van der Waals surface area contributed by atoms with Crippen molar-refractivity contribution in [2.24, 2.45) is 11.8 Å². The van der Waals surface area contributed by atoms with Gasteiger partial charge in [0.15, 0.2) is 0 Å². The molecule has 0 spiro atoms. The van der Waals surface area contributed by atoms with E-state index in [1.54, 1.807) is 0 Å². The number of hydrogen-bond acceptors (Lipinski definition) is 2. The predicted molar refractivity (Wildman–Crippen MR) is 104 cm³/mol. The summed E-state index contributed by atoms with van der Waals surface area (Å²) in [6.07, 6.45) is 3.00. The average molecular weight is 373 g/mol. The fourth-order valence-electron chi connectivity index (χ4n) is 3.27. The summed E-state index contributed by atoms with van der Waals surface area (Å²) in [5.41, 5.74) is 1.09. The highest BCUT2D eigenvalue weighted by atomic mass is 35.5. The van der Waals surface area contributed by atoms with E-state index in [0.29, 0.717) is 24.8 Å². The summed E-state index contributed by atoms with van der Waals surface area (Å²) in [6, 6.07) is 7.87. The number of halogens is 2. The van der Waals surface area contributed by atoms with E-state index >= 15 is 0 Å². The Morgan fingerprint density at radius 3 is 2.46 bits per heavy atom. The molecule has 1 fully saturated rings. The molecule has 1 saturated heterocycles. The van der Waals surface area contributed by atoms with Crippen LogP contribution in [0.25, 0.3) is 0 Å².